The smallest absolute Gasteiger partial charge is 0.251 e. The number of aromatic nitrogens is 4. The van der Waals surface area contributed by atoms with E-state index in [0.717, 1.165) is 22.2 Å². The molecule has 0 aliphatic heterocycles. The summed E-state index contributed by atoms with van der Waals surface area (Å²) in [4.78, 5) is 15.8. The average molecular weight is 508 g/mol. The van der Waals surface area contributed by atoms with Gasteiger partial charge in [-0.25, -0.2) is 0 Å². The van der Waals surface area contributed by atoms with Gasteiger partial charge in [-0.1, -0.05) is 61.7 Å². The van der Waals surface area contributed by atoms with Gasteiger partial charge in [-0.15, -0.1) is 5.10 Å². The summed E-state index contributed by atoms with van der Waals surface area (Å²) in [5.41, 5.74) is 5.13. The van der Waals surface area contributed by atoms with E-state index in [0.29, 0.717) is 25.1 Å². The van der Waals surface area contributed by atoms with Crippen LogP contribution in [0.5, 0.6) is 0 Å². The molecule has 0 atom stereocenters. The van der Waals surface area contributed by atoms with Gasteiger partial charge in [0.05, 0.1) is 16.8 Å². The Balaban J connectivity index is 1.25. The van der Waals surface area contributed by atoms with Gasteiger partial charge in [-0.05, 0) is 58.1 Å². The molecule has 4 aromatic rings. The topological polar surface area (TPSA) is 75.6 Å². The summed E-state index contributed by atoms with van der Waals surface area (Å²) in [6, 6.07) is 16.2. The molecule has 0 fully saturated rings. The van der Waals surface area contributed by atoms with Crippen LogP contribution in [0.25, 0.3) is 10.9 Å². The maximum Gasteiger partial charge on any atom is 0.251 e. The number of rotatable bonds is 11. The molecular formula is C26H30BrN5O. The Hall–Kier alpha value is -2.93. The van der Waals surface area contributed by atoms with E-state index in [1.807, 2.05) is 30.5 Å². The monoisotopic (exact) mass is 507 g/mol. The fourth-order valence-electron chi connectivity index (χ4n) is 4.01. The maximum atomic E-state index is 12.5. The molecule has 2 heterocycles. The van der Waals surface area contributed by atoms with Crippen molar-refractivity contribution in [2.45, 2.75) is 52.0 Å². The lowest BCUT2D eigenvalue weighted by Crippen LogP contribution is -2.27. The second-order valence-corrected chi connectivity index (χ2v) is 9.17. The number of carbonyl (C=O) groups excluding carboxylic acids is 1. The van der Waals surface area contributed by atoms with Gasteiger partial charge in [-0.2, -0.15) is 0 Å². The van der Waals surface area contributed by atoms with E-state index in [-0.39, 0.29) is 5.91 Å². The minimum absolute atomic E-state index is 0.0596. The summed E-state index contributed by atoms with van der Waals surface area (Å²) in [6.45, 7) is 3.29. The average Bonchev–Trinajstić information content (AvgIpc) is 3.41. The quantitative estimate of drug-likeness (QED) is 0.257. The number of aryl methyl sites for hydroxylation is 1. The van der Waals surface area contributed by atoms with E-state index in [2.05, 4.69) is 67.7 Å². The second-order valence-electron chi connectivity index (χ2n) is 8.38. The van der Waals surface area contributed by atoms with Crippen molar-refractivity contribution in [2.24, 2.45) is 0 Å². The molecule has 0 saturated heterocycles. The van der Waals surface area contributed by atoms with Crippen molar-refractivity contribution < 1.29 is 4.79 Å². The Morgan fingerprint density at radius 3 is 2.73 bits per heavy atom. The number of carbonyl (C=O) groups is 1. The molecule has 0 saturated carbocycles. The Morgan fingerprint density at radius 2 is 1.91 bits per heavy atom. The highest BCUT2D eigenvalue weighted by Gasteiger charge is 2.12. The van der Waals surface area contributed by atoms with E-state index in [1.165, 1.54) is 42.2 Å². The number of H-pyrrole nitrogens is 1. The van der Waals surface area contributed by atoms with Crippen LogP contribution in [0, 0.1) is 0 Å². The first kappa shape index (κ1) is 23.2. The van der Waals surface area contributed by atoms with Crippen molar-refractivity contribution in [1.82, 2.24) is 25.3 Å². The number of benzene rings is 2. The Labute approximate surface area is 202 Å². The first-order valence-corrected chi connectivity index (χ1v) is 12.4. The van der Waals surface area contributed by atoms with Crippen molar-refractivity contribution in [1.29, 1.82) is 0 Å². The number of halogens is 1. The van der Waals surface area contributed by atoms with E-state index in [4.69, 9.17) is 0 Å². The zero-order chi connectivity index (χ0) is 23.0. The highest BCUT2D eigenvalue weighted by Crippen LogP contribution is 2.28. The highest BCUT2D eigenvalue weighted by molar-refractivity contribution is 9.10. The molecule has 4 rings (SSSR count). The van der Waals surface area contributed by atoms with Crippen LogP contribution in [0.4, 0.5) is 0 Å². The van der Waals surface area contributed by atoms with Crippen LogP contribution in [-0.4, -0.2) is 32.4 Å². The van der Waals surface area contributed by atoms with Crippen LogP contribution in [0.1, 0.15) is 59.8 Å². The number of nitrogens with zero attached hydrogens (tertiary/aromatic N) is 3. The molecule has 2 aromatic heterocycles. The maximum absolute atomic E-state index is 12.5. The summed E-state index contributed by atoms with van der Waals surface area (Å²) < 4.78 is 2.75. The molecule has 0 unspecified atom stereocenters. The van der Waals surface area contributed by atoms with E-state index in [9.17, 15) is 4.79 Å². The van der Waals surface area contributed by atoms with Crippen LogP contribution in [0.15, 0.2) is 59.3 Å². The molecule has 0 spiro atoms. The molecule has 0 aliphatic rings. The third-order valence-electron chi connectivity index (χ3n) is 5.87. The third-order valence-corrected chi connectivity index (χ3v) is 6.54. The predicted molar refractivity (Wildman–Crippen MR) is 135 cm³/mol. The van der Waals surface area contributed by atoms with E-state index in [1.54, 1.807) is 4.68 Å². The molecule has 0 bridgehead atoms. The fraction of sp³-hybridized carbons (Fsp3) is 0.346. The summed E-state index contributed by atoms with van der Waals surface area (Å²) in [5, 5.41) is 12.7. The lowest BCUT2D eigenvalue weighted by atomic mass is 10.0. The Morgan fingerprint density at radius 1 is 1.09 bits per heavy atom. The number of fused-ring (bicyclic) bond motifs is 1. The van der Waals surface area contributed by atoms with E-state index >= 15 is 0 Å². The first-order valence-electron chi connectivity index (χ1n) is 11.6. The Bertz CT molecular complexity index is 1200. The summed E-state index contributed by atoms with van der Waals surface area (Å²) >= 11 is 3.62. The lowest BCUT2D eigenvalue weighted by Gasteiger charge is -2.06. The normalized spacial score (nSPS) is 11.2. The fourth-order valence-corrected chi connectivity index (χ4v) is 4.58. The minimum Gasteiger partial charge on any atom is -0.350 e. The summed E-state index contributed by atoms with van der Waals surface area (Å²) in [7, 11) is 0. The highest BCUT2D eigenvalue weighted by atomic mass is 79.9. The second kappa shape index (κ2) is 11.3. The van der Waals surface area contributed by atoms with Gasteiger partial charge in [0.2, 0.25) is 0 Å². The molecule has 2 aromatic carbocycles. The van der Waals surface area contributed by atoms with Gasteiger partial charge in [0.25, 0.3) is 5.91 Å². The van der Waals surface area contributed by atoms with Crippen LogP contribution in [0.2, 0.25) is 0 Å². The van der Waals surface area contributed by atoms with Gasteiger partial charge in [0.15, 0.2) is 0 Å². The van der Waals surface area contributed by atoms with Crippen molar-refractivity contribution in [3.05, 3.63) is 81.7 Å². The van der Waals surface area contributed by atoms with Crippen LogP contribution in [0.3, 0.4) is 0 Å². The number of hydrogen-bond donors (Lipinski definition) is 2. The first-order chi connectivity index (χ1) is 16.1. The largest absolute Gasteiger partial charge is 0.350 e. The molecule has 2 N–H and O–H groups in total. The van der Waals surface area contributed by atoms with Crippen LogP contribution in [-0.2, 0) is 19.4 Å². The number of unbranched alkanes of at least 4 members (excludes halogenated alkanes) is 3. The van der Waals surface area contributed by atoms with Gasteiger partial charge >= 0.3 is 0 Å². The van der Waals surface area contributed by atoms with Crippen molar-refractivity contribution in [2.75, 3.05) is 6.54 Å². The van der Waals surface area contributed by atoms with Crippen molar-refractivity contribution in [3.63, 3.8) is 0 Å². The summed E-state index contributed by atoms with van der Waals surface area (Å²) in [5.74, 6) is -0.0596. The van der Waals surface area contributed by atoms with Crippen molar-refractivity contribution >= 4 is 32.7 Å². The lowest BCUT2D eigenvalue weighted by molar-refractivity contribution is 0.0952. The van der Waals surface area contributed by atoms with Gasteiger partial charge in [0.1, 0.15) is 0 Å². The zero-order valence-electron chi connectivity index (χ0n) is 19.0. The number of hydrogen-bond acceptors (Lipinski definition) is 3. The molecule has 172 valence electrons. The summed E-state index contributed by atoms with van der Waals surface area (Å²) in [6.07, 6.45) is 8.70. The molecular weight excluding hydrogens is 478 g/mol. The van der Waals surface area contributed by atoms with Crippen LogP contribution < -0.4 is 5.32 Å². The van der Waals surface area contributed by atoms with Gasteiger partial charge in [0, 0.05) is 35.6 Å². The van der Waals surface area contributed by atoms with Gasteiger partial charge < -0.3 is 10.3 Å². The molecule has 6 nitrogen and oxygen atoms in total. The molecule has 0 radical (unpaired) electrons. The molecule has 33 heavy (non-hydrogen) atoms. The number of amides is 1. The SMILES string of the molecule is CCCCCCc1ccc(C(=O)NCCn2cc(Cc3c(Br)[nH]c4ccccc34)nn2)cc1. The van der Waals surface area contributed by atoms with E-state index < -0.39 is 0 Å². The Kier molecular flexibility index (Phi) is 7.94. The standard InChI is InChI=1S/C26H30BrN5O/c1-2-3-4-5-8-19-11-13-20(14-12-19)26(33)28-15-16-32-18-21(30-31-32)17-23-22-9-6-7-10-24(22)29-25(23)27/h6-7,9-14,18,29H,2-5,8,15-17H2,1H3,(H,28,33). The van der Waals surface area contributed by atoms with Crippen molar-refractivity contribution in [3.8, 4) is 0 Å². The number of nitrogens with one attached hydrogen (secondary N) is 2. The predicted octanol–water partition coefficient (Wildman–Crippen LogP) is 5.67. The molecule has 7 heteroatoms. The molecule has 1 amide bonds. The zero-order valence-corrected chi connectivity index (χ0v) is 20.6. The number of aromatic amines is 1. The van der Waals surface area contributed by atoms with Crippen LogP contribution >= 0.6 is 15.9 Å². The van der Waals surface area contributed by atoms with Gasteiger partial charge in [-0.3, -0.25) is 9.48 Å². The third kappa shape index (κ3) is 6.11. The molecule has 0 aliphatic carbocycles. The number of para-hydroxylation sites is 1. The minimum atomic E-state index is -0.0596.